The summed E-state index contributed by atoms with van der Waals surface area (Å²) in [6.07, 6.45) is 6.57. The van der Waals surface area contributed by atoms with E-state index in [1.54, 1.807) is 7.11 Å². The van der Waals surface area contributed by atoms with Crippen LogP contribution in [-0.2, 0) is 16.6 Å². The third-order valence-electron chi connectivity index (χ3n) is 7.86. The molecule has 4 aliphatic rings. The number of rotatable bonds is 4. The Bertz CT molecular complexity index is 777. The number of benzene rings is 1. The van der Waals surface area contributed by atoms with Crippen LogP contribution in [0, 0.1) is 11.8 Å². The zero-order valence-corrected chi connectivity index (χ0v) is 16.1. The Morgan fingerprint density at radius 3 is 2.89 bits per heavy atom. The molecule has 1 saturated heterocycles. The average Bonchev–Trinajstić information content (AvgIpc) is 3.41. The van der Waals surface area contributed by atoms with E-state index in [2.05, 4.69) is 17.0 Å². The molecule has 0 radical (unpaired) electrons. The van der Waals surface area contributed by atoms with Gasteiger partial charge in [0, 0.05) is 23.9 Å². The number of hydrogen-bond donors (Lipinski definition) is 2. The third kappa shape index (κ3) is 2.47. The van der Waals surface area contributed by atoms with Gasteiger partial charge in [-0.3, -0.25) is 9.69 Å². The number of nitrogens with two attached hydrogens (primary N) is 1. The van der Waals surface area contributed by atoms with Crippen molar-refractivity contribution in [3.05, 3.63) is 29.3 Å². The summed E-state index contributed by atoms with van der Waals surface area (Å²) in [5, 5.41) is 12.2. The van der Waals surface area contributed by atoms with Crippen LogP contribution in [-0.4, -0.2) is 47.8 Å². The van der Waals surface area contributed by atoms with E-state index >= 15 is 0 Å². The third-order valence-corrected chi connectivity index (χ3v) is 7.86. The second-order valence-corrected chi connectivity index (χ2v) is 9.30. The molecule has 1 amide bonds. The monoisotopic (exact) mass is 370 g/mol. The van der Waals surface area contributed by atoms with Crippen LogP contribution in [0.5, 0.6) is 5.75 Å². The number of ether oxygens (including phenoxy) is 1. The molecule has 1 unspecified atom stereocenters. The first kappa shape index (κ1) is 17.5. The summed E-state index contributed by atoms with van der Waals surface area (Å²) in [4.78, 5) is 14.7. The molecule has 5 nitrogen and oxygen atoms in total. The van der Waals surface area contributed by atoms with Gasteiger partial charge >= 0.3 is 0 Å². The fraction of sp³-hybridized carbons (Fsp3) is 0.682. The quantitative estimate of drug-likeness (QED) is 0.850. The number of carbonyl (C=O) groups is 1. The molecule has 0 aromatic heterocycles. The van der Waals surface area contributed by atoms with E-state index in [4.69, 9.17) is 10.5 Å². The highest BCUT2D eigenvalue weighted by Gasteiger charge is 2.66. The fourth-order valence-corrected chi connectivity index (χ4v) is 6.40. The maximum atomic E-state index is 12.2. The van der Waals surface area contributed by atoms with Crippen molar-refractivity contribution in [2.45, 2.75) is 62.0 Å². The Morgan fingerprint density at radius 2 is 2.19 bits per heavy atom. The van der Waals surface area contributed by atoms with Crippen LogP contribution in [0.3, 0.4) is 0 Å². The number of carbonyl (C=O) groups excluding carboxylic acids is 1. The van der Waals surface area contributed by atoms with Gasteiger partial charge in [0.05, 0.1) is 12.7 Å². The minimum absolute atomic E-state index is 0.0749. The summed E-state index contributed by atoms with van der Waals surface area (Å²) >= 11 is 0. The van der Waals surface area contributed by atoms with Crippen molar-refractivity contribution in [1.29, 1.82) is 0 Å². The van der Waals surface area contributed by atoms with Crippen LogP contribution in [0.15, 0.2) is 18.2 Å². The van der Waals surface area contributed by atoms with E-state index in [0.717, 1.165) is 44.0 Å². The van der Waals surface area contributed by atoms with Gasteiger partial charge < -0.3 is 15.6 Å². The van der Waals surface area contributed by atoms with Crippen LogP contribution >= 0.6 is 0 Å². The zero-order chi connectivity index (χ0) is 18.8. The van der Waals surface area contributed by atoms with E-state index in [9.17, 15) is 9.90 Å². The van der Waals surface area contributed by atoms with E-state index < -0.39 is 11.0 Å². The van der Waals surface area contributed by atoms with Crippen molar-refractivity contribution >= 4 is 5.91 Å². The normalized spacial score (nSPS) is 38.0. The van der Waals surface area contributed by atoms with Crippen molar-refractivity contribution < 1.29 is 14.6 Å². The molecule has 0 spiro atoms. The minimum Gasteiger partial charge on any atom is -0.497 e. The van der Waals surface area contributed by atoms with Crippen LogP contribution in [0.2, 0.25) is 0 Å². The van der Waals surface area contributed by atoms with Crippen molar-refractivity contribution in [2.75, 3.05) is 20.2 Å². The molecule has 1 aromatic carbocycles. The highest BCUT2D eigenvalue weighted by Crippen LogP contribution is 2.61. The Labute approximate surface area is 160 Å². The van der Waals surface area contributed by atoms with Gasteiger partial charge in [-0.05, 0) is 80.7 Å². The molecule has 3 fully saturated rings. The highest BCUT2D eigenvalue weighted by atomic mass is 16.5. The molecule has 1 aliphatic heterocycles. The second-order valence-electron chi connectivity index (χ2n) is 9.30. The Morgan fingerprint density at radius 1 is 1.37 bits per heavy atom. The summed E-state index contributed by atoms with van der Waals surface area (Å²) in [7, 11) is 1.68. The zero-order valence-electron chi connectivity index (χ0n) is 16.1. The largest absolute Gasteiger partial charge is 0.497 e. The standard InChI is InChI=1S/C22H30N2O3/c1-27-17-6-5-15-9-19-22(26)12-16(20(23)25)11-21(22,18(15)10-17)7-2-8-24(19)13-14-3-4-14/h5-6,10,14,16,19,26H,2-4,7-9,11-13H2,1H3,(H2,23,25)/t16?,19-,21-,22-/m1/s1. The minimum atomic E-state index is -0.891. The van der Waals surface area contributed by atoms with Crippen LogP contribution in [0.1, 0.15) is 49.7 Å². The number of amides is 1. The Balaban J connectivity index is 1.66. The maximum absolute atomic E-state index is 12.2. The van der Waals surface area contributed by atoms with Gasteiger partial charge in [0.25, 0.3) is 0 Å². The molecule has 5 heteroatoms. The van der Waals surface area contributed by atoms with Gasteiger partial charge in [0.15, 0.2) is 0 Å². The summed E-state index contributed by atoms with van der Waals surface area (Å²) in [6.45, 7) is 2.12. The van der Waals surface area contributed by atoms with Crippen LogP contribution in [0.4, 0.5) is 0 Å². The lowest BCUT2D eigenvalue weighted by Crippen LogP contribution is -2.63. The number of likely N-dealkylation sites (tertiary alicyclic amines) is 1. The summed E-state index contributed by atoms with van der Waals surface area (Å²) < 4.78 is 5.50. The van der Waals surface area contributed by atoms with E-state index in [0.29, 0.717) is 12.8 Å². The van der Waals surface area contributed by atoms with Crippen molar-refractivity contribution in [2.24, 2.45) is 17.6 Å². The molecular weight excluding hydrogens is 340 g/mol. The van der Waals surface area contributed by atoms with Gasteiger partial charge in [-0.15, -0.1) is 0 Å². The molecule has 4 atom stereocenters. The lowest BCUT2D eigenvalue weighted by molar-refractivity contribution is -0.123. The maximum Gasteiger partial charge on any atom is 0.220 e. The lowest BCUT2D eigenvalue weighted by Gasteiger charge is -2.53. The van der Waals surface area contributed by atoms with Crippen molar-refractivity contribution in [1.82, 2.24) is 4.90 Å². The number of hydrogen-bond acceptors (Lipinski definition) is 4. The smallest absolute Gasteiger partial charge is 0.220 e. The first-order chi connectivity index (χ1) is 13.0. The molecule has 1 heterocycles. The molecule has 27 heavy (non-hydrogen) atoms. The SMILES string of the molecule is COc1ccc2c(c1)[C@]13CCCN(CC4CC4)[C@H](C2)[C@]1(O)CC(C(N)=O)C3. The molecule has 1 aromatic rings. The van der Waals surface area contributed by atoms with Gasteiger partial charge in [-0.2, -0.15) is 0 Å². The predicted octanol–water partition coefficient (Wildman–Crippen LogP) is 1.99. The van der Waals surface area contributed by atoms with Crippen molar-refractivity contribution in [3.8, 4) is 5.75 Å². The summed E-state index contributed by atoms with van der Waals surface area (Å²) in [5.74, 6) is 1.09. The number of fused-ring (bicyclic) bond motifs is 1. The first-order valence-electron chi connectivity index (χ1n) is 10.4. The molecule has 3 aliphatic carbocycles. The average molecular weight is 370 g/mol. The first-order valence-corrected chi connectivity index (χ1v) is 10.4. The molecule has 2 saturated carbocycles. The fourth-order valence-electron chi connectivity index (χ4n) is 6.40. The lowest BCUT2D eigenvalue weighted by atomic mass is 9.58. The van der Waals surface area contributed by atoms with E-state index in [1.165, 1.54) is 24.0 Å². The molecule has 5 rings (SSSR count). The number of primary amides is 1. The summed E-state index contributed by atoms with van der Waals surface area (Å²) in [5.41, 5.74) is 6.96. The predicted molar refractivity (Wildman–Crippen MR) is 103 cm³/mol. The van der Waals surface area contributed by atoms with Crippen LogP contribution < -0.4 is 10.5 Å². The van der Waals surface area contributed by atoms with Gasteiger partial charge in [0.2, 0.25) is 5.91 Å². The molecular formula is C22H30N2O3. The van der Waals surface area contributed by atoms with Gasteiger partial charge in [-0.1, -0.05) is 6.07 Å². The molecule has 146 valence electrons. The number of methoxy groups -OCH3 is 1. The Hall–Kier alpha value is -1.59. The topological polar surface area (TPSA) is 75.8 Å². The molecule has 3 N–H and O–H groups in total. The van der Waals surface area contributed by atoms with Gasteiger partial charge in [0.1, 0.15) is 5.75 Å². The number of aliphatic hydroxyl groups is 1. The molecule has 2 bridgehead atoms. The Kier molecular flexibility index (Phi) is 3.86. The van der Waals surface area contributed by atoms with Gasteiger partial charge in [-0.25, -0.2) is 0 Å². The highest BCUT2D eigenvalue weighted by molar-refractivity contribution is 5.78. The summed E-state index contributed by atoms with van der Waals surface area (Å²) in [6, 6.07) is 6.38. The second kappa shape index (κ2) is 5.95. The van der Waals surface area contributed by atoms with Crippen molar-refractivity contribution in [3.63, 3.8) is 0 Å². The number of nitrogens with zero attached hydrogens (tertiary/aromatic N) is 1. The van der Waals surface area contributed by atoms with E-state index in [-0.39, 0.29) is 17.9 Å². The van der Waals surface area contributed by atoms with Crippen LogP contribution in [0.25, 0.3) is 0 Å². The van der Waals surface area contributed by atoms with E-state index in [1.807, 2.05) is 6.07 Å².